The summed E-state index contributed by atoms with van der Waals surface area (Å²) in [7, 11) is 0. The SMILES string of the molecule is C[C@@H](O)[C@H](NC(=O)[C@H](CCN)NC(=O)[C@H](CCCN)NC(=O)[C@@H](NC(=O)[C@@H](Cc1ccccc1)NC(=O)[C@@H](N)CCN)[C@@H](C)O)C(=O)O. The molecule has 0 aliphatic rings. The molecule has 48 heavy (non-hydrogen) atoms. The second-order valence-corrected chi connectivity index (χ2v) is 11.4. The summed E-state index contributed by atoms with van der Waals surface area (Å²) in [6.45, 7) is 2.59. The van der Waals surface area contributed by atoms with Crippen LogP contribution < -0.4 is 49.5 Å². The number of hydrogen-bond acceptors (Lipinski definition) is 12. The molecule has 18 nitrogen and oxygen atoms in total. The van der Waals surface area contributed by atoms with Crippen LogP contribution in [-0.2, 0) is 35.2 Å². The maximum Gasteiger partial charge on any atom is 0.328 e. The number of nitrogens with two attached hydrogens (primary N) is 4. The summed E-state index contributed by atoms with van der Waals surface area (Å²) in [5, 5.41) is 41.6. The third kappa shape index (κ3) is 14.3. The first-order valence-electron chi connectivity index (χ1n) is 15.7. The van der Waals surface area contributed by atoms with E-state index in [2.05, 4.69) is 26.6 Å². The highest BCUT2D eigenvalue weighted by Gasteiger charge is 2.34. The van der Waals surface area contributed by atoms with Crippen molar-refractivity contribution in [2.75, 3.05) is 19.6 Å². The predicted molar refractivity (Wildman–Crippen MR) is 174 cm³/mol. The lowest BCUT2D eigenvalue weighted by molar-refractivity contribution is -0.145. The minimum atomic E-state index is -1.66. The number of aliphatic carboxylic acids is 1. The molecule has 0 unspecified atom stereocenters. The third-order valence-electron chi connectivity index (χ3n) is 7.26. The molecule has 0 spiro atoms. The summed E-state index contributed by atoms with van der Waals surface area (Å²) in [6, 6.07) is 0.613. The number of carbonyl (C=O) groups is 6. The summed E-state index contributed by atoms with van der Waals surface area (Å²) in [5.41, 5.74) is 23.3. The molecular formula is C30H51N9O9. The molecule has 270 valence electrons. The fraction of sp³-hybridized carbons (Fsp3) is 0.600. The smallest absolute Gasteiger partial charge is 0.328 e. The van der Waals surface area contributed by atoms with Crippen molar-refractivity contribution in [1.29, 1.82) is 0 Å². The second kappa shape index (κ2) is 21.6. The average Bonchev–Trinajstić information content (AvgIpc) is 3.03. The van der Waals surface area contributed by atoms with Gasteiger partial charge in [0.1, 0.15) is 24.2 Å². The highest BCUT2D eigenvalue weighted by Crippen LogP contribution is 2.07. The fourth-order valence-corrected chi connectivity index (χ4v) is 4.51. The number of nitrogens with one attached hydrogen (secondary N) is 5. The van der Waals surface area contributed by atoms with Gasteiger partial charge in [-0.15, -0.1) is 0 Å². The van der Waals surface area contributed by atoms with E-state index in [-0.39, 0.29) is 51.7 Å². The molecule has 0 saturated heterocycles. The summed E-state index contributed by atoms with van der Waals surface area (Å²) in [4.78, 5) is 77.2. The molecule has 0 aliphatic carbocycles. The average molecular weight is 682 g/mol. The van der Waals surface area contributed by atoms with Gasteiger partial charge in [0.2, 0.25) is 29.5 Å². The topological polar surface area (TPSA) is 327 Å². The van der Waals surface area contributed by atoms with E-state index in [1.54, 1.807) is 30.3 Å². The van der Waals surface area contributed by atoms with Gasteiger partial charge in [0.05, 0.1) is 18.2 Å². The van der Waals surface area contributed by atoms with Crippen molar-refractivity contribution in [3.63, 3.8) is 0 Å². The molecular weight excluding hydrogens is 630 g/mol. The van der Waals surface area contributed by atoms with Crippen LogP contribution in [0, 0.1) is 0 Å². The van der Waals surface area contributed by atoms with Crippen LogP contribution in [0.4, 0.5) is 0 Å². The molecule has 0 radical (unpaired) electrons. The van der Waals surface area contributed by atoms with E-state index in [0.29, 0.717) is 5.56 Å². The van der Waals surface area contributed by atoms with Gasteiger partial charge in [-0.05, 0) is 64.7 Å². The van der Waals surface area contributed by atoms with Gasteiger partial charge in [-0.25, -0.2) is 4.79 Å². The van der Waals surface area contributed by atoms with Crippen LogP contribution in [0.2, 0.25) is 0 Å². The van der Waals surface area contributed by atoms with Gasteiger partial charge in [0.25, 0.3) is 0 Å². The van der Waals surface area contributed by atoms with Crippen LogP contribution in [0.25, 0.3) is 0 Å². The Bertz CT molecular complexity index is 1200. The lowest BCUT2D eigenvalue weighted by atomic mass is 10.0. The van der Waals surface area contributed by atoms with Crippen LogP contribution in [0.3, 0.4) is 0 Å². The van der Waals surface area contributed by atoms with Crippen LogP contribution in [0.15, 0.2) is 30.3 Å². The van der Waals surface area contributed by atoms with Gasteiger partial charge >= 0.3 is 5.97 Å². The molecule has 0 heterocycles. The second-order valence-electron chi connectivity index (χ2n) is 11.4. The first-order valence-corrected chi connectivity index (χ1v) is 15.7. The number of amides is 5. The van der Waals surface area contributed by atoms with E-state index < -0.39 is 84.0 Å². The predicted octanol–water partition coefficient (Wildman–Crippen LogP) is -4.74. The van der Waals surface area contributed by atoms with Gasteiger partial charge in [-0.3, -0.25) is 24.0 Å². The van der Waals surface area contributed by atoms with Crippen molar-refractivity contribution in [3.8, 4) is 0 Å². The minimum Gasteiger partial charge on any atom is -0.480 e. The molecule has 0 aliphatic heterocycles. The Morgan fingerprint density at radius 3 is 1.62 bits per heavy atom. The largest absolute Gasteiger partial charge is 0.480 e. The lowest BCUT2D eigenvalue weighted by Gasteiger charge is -2.28. The summed E-state index contributed by atoms with van der Waals surface area (Å²) in [5.74, 6) is -5.71. The third-order valence-corrected chi connectivity index (χ3v) is 7.26. The summed E-state index contributed by atoms with van der Waals surface area (Å²) < 4.78 is 0. The Hall–Kier alpha value is -4.20. The van der Waals surface area contributed by atoms with Crippen molar-refractivity contribution >= 4 is 35.5 Å². The highest BCUT2D eigenvalue weighted by atomic mass is 16.4. The highest BCUT2D eigenvalue weighted by molar-refractivity contribution is 5.96. The molecule has 18 heteroatoms. The molecule has 1 aromatic rings. The number of carbonyl (C=O) groups excluding carboxylic acids is 5. The Morgan fingerprint density at radius 1 is 0.625 bits per heavy atom. The Kier molecular flexibility index (Phi) is 18.8. The first kappa shape index (κ1) is 41.8. The van der Waals surface area contributed by atoms with E-state index in [0.717, 1.165) is 0 Å². The number of carboxylic acid groups (broad SMARTS) is 1. The van der Waals surface area contributed by atoms with Crippen molar-refractivity contribution in [2.45, 2.75) is 94.4 Å². The van der Waals surface area contributed by atoms with Crippen molar-refractivity contribution in [3.05, 3.63) is 35.9 Å². The molecule has 0 aromatic heterocycles. The number of rotatable bonds is 22. The van der Waals surface area contributed by atoms with Gasteiger partial charge in [-0.1, -0.05) is 30.3 Å². The molecule has 0 fully saturated rings. The maximum absolute atomic E-state index is 13.5. The maximum atomic E-state index is 13.5. The minimum absolute atomic E-state index is 0.0113. The van der Waals surface area contributed by atoms with Gasteiger partial charge in [0, 0.05) is 6.42 Å². The van der Waals surface area contributed by atoms with Crippen LogP contribution in [0.1, 0.15) is 45.1 Å². The molecule has 0 saturated carbocycles. The van der Waals surface area contributed by atoms with Crippen LogP contribution in [0.5, 0.6) is 0 Å². The van der Waals surface area contributed by atoms with Crippen molar-refractivity contribution in [2.24, 2.45) is 22.9 Å². The fourth-order valence-electron chi connectivity index (χ4n) is 4.51. The van der Waals surface area contributed by atoms with Crippen molar-refractivity contribution < 1.29 is 44.1 Å². The van der Waals surface area contributed by atoms with E-state index in [1.165, 1.54) is 13.8 Å². The number of aliphatic hydroxyl groups is 2. The van der Waals surface area contributed by atoms with E-state index >= 15 is 0 Å². The molecule has 0 bridgehead atoms. The quantitative estimate of drug-likeness (QED) is 0.0548. The van der Waals surface area contributed by atoms with E-state index in [4.69, 9.17) is 22.9 Å². The molecule has 5 amide bonds. The molecule has 1 rings (SSSR count). The number of hydrogen-bond donors (Lipinski definition) is 12. The van der Waals surface area contributed by atoms with Crippen molar-refractivity contribution in [1.82, 2.24) is 26.6 Å². The molecule has 1 aromatic carbocycles. The zero-order valence-electron chi connectivity index (χ0n) is 27.3. The van der Waals surface area contributed by atoms with Gasteiger partial charge in [0.15, 0.2) is 6.04 Å². The number of carboxylic acids is 1. The zero-order chi connectivity index (χ0) is 36.4. The Balaban J connectivity index is 3.19. The van der Waals surface area contributed by atoms with E-state index in [1.807, 2.05) is 0 Å². The van der Waals surface area contributed by atoms with Crippen LogP contribution in [-0.4, -0.2) is 119 Å². The van der Waals surface area contributed by atoms with E-state index in [9.17, 15) is 44.1 Å². The monoisotopic (exact) mass is 681 g/mol. The molecule has 8 atom stereocenters. The Morgan fingerprint density at radius 2 is 1.10 bits per heavy atom. The standard InChI is InChI=1S/C30H51N9O9/c1-16(40)23(38-28(45)22(15-18-7-4-3-5-8-18)37-25(42)19(34)10-13-32)29(46)36-20(9-6-12-31)26(43)35-21(11-14-33)27(44)39-24(17(2)41)30(47)48/h3-5,7-8,16-17,19-24,40-41H,6,9-15,31-34H2,1-2H3,(H,35,43)(H,36,46)(H,37,42)(H,38,45)(H,39,44)(H,47,48)/t16-,17-,19+,20+,21+,22-,23+,24+/m1/s1. The molecule has 16 N–H and O–H groups in total. The normalized spacial score (nSPS) is 16.1. The first-order chi connectivity index (χ1) is 22.7. The van der Waals surface area contributed by atoms with Gasteiger partial charge in [-0.2, -0.15) is 0 Å². The summed E-state index contributed by atoms with van der Waals surface area (Å²) in [6.07, 6.45) is -2.62. The Labute approximate surface area is 279 Å². The lowest BCUT2D eigenvalue weighted by Crippen LogP contribution is -2.62. The summed E-state index contributed by atoms with van der Waals surface area (Å²) >= 11 is 0. The number of aliphatic hydroxyl groups excluding tert-OH is 2. The van der Waals surface area contributed by atoms with Crippen LogP contribution >= 0.6 is 0 Å². The zero-order valence-corrected chi connectivity index (χ0v) is 27.3. The van der Waals surface area contributed by atoms with Gasteiger partial charge < -0.3 is 64.8 Å². The number of benzene rings is 1.